The first kappa shape index (κ1) is 19.7. The highest BCUT2D eigenvalue weighted by molar-refractivity contribution is 5.94. The zero-order valence-corrected chi connectivity index (χ0v) is 16.4. The minimum absolute atomic E-state index is 0.0857. The van der Waals surface area contributed by atoms with Crippen LogP contribution >= 0.6 is 0 Å². The van der Waals surface area contributed by atoms with E-state index in [0.29, 0.717) is 11.6 Å². The van der Waals surface area contributed by atoms with Gasteiger partial charge in [0.1, 0.15) is 5.82 Å². The van der Waals surface area contributed by atoms with Crippen LogP contribution in [0.5, 0.6) is 0 Å². The van der Waals surface area contributed by atoms with Gasteiger partial charge in [0, 0.05) is 46.0 Å². The van der Waals surface area contributed by atoms with E-state index >= 15 is 0 Å². The van der Waals surface area contributed by atoms with E-state index in [4.69, 9.17) is 0 Å². The molecule has 1 saturated heterocycles. The van der Waals surface area contributed by atoms with Crippen molar-refractivity contribution in [2.45, 2.75) is 25.8 Å². The fraction of sp³-hybridized carbons (Fsp3) is 0.684. The number of likely N-dealkylation sites (tertiary alicyclic amines) is 1. The van der Waals surface area contributed by atoms with Gasteiger partial charge in [0.2, 0.25) is 0 Å². The highest BCUT2D eigenvalue weighted by Crippen LogP contribution is 2.19. The molecule has 0 aromatic carbocycles. The lowest BCUT2D eigenvalue weighted by atomic mass is 10.1. The van der Waals surface area contributed by atoms with Crippen molar-refractivity contribution >= 4 is 11.7 Å². The standard InChI is InChI=1S/C19H33N5O/c1-6-23-11-7-8-17(23)15-24(13-12-21(2)3)19(25)16-9-10-18(20-14-16)22(4)5/h9-10,14,17H,6-8,11-13,15H2,1-5H3/t17-/m1/s1. The Hall–Kier alpha value is -1.66. The molecule has 2 rings (SSSR count). The van der Waals surface area contributed by atoms with Crippen molar-refractivity contribution in [2.24, 2.45) is 0 Å². The lowest BCUT2D eigenvalue weighted by molar-refractivity contribution is 0.0694. The molecule has 1 fully saturated rings. The minimum atomic E-state index is 0.0857. The molecule has 1 aliphatic rings. The van der Waals surface area contributed by atoms with Crippen LogP contribution in [0.2, 0.25) is 0 Å². The first-order valence-electron chi connectivity index (χ1n) is 9.23. The van der Waals surface area contributed by atoms with Gasteiger partial charge in [0.15, 0.2) is 0 Å². The molecule has 0 saturated carbocycles. The van der Waals surface area contributed by atoms with Crippen molar-refractivity contribution in [3.63, 3.8) is 0 Å². The van der Waals surface area contributed by atoms with Crippen LogP contribution in [0.15, 0.2) is 18.3 Å². The number of aromatic nitrogens is 1. The van der Waals surface area contributed by atoms with Crippen LogP contribution in [0.4, 0.5) is 5.82 Å². The van der Waals surface area contributed by atoms with Crippen LogP contribution in [0.1, 0.15) is 30.1 Å². The van der Waals surface area contributed by atoms with Gasteiger partial charge in [0.25, 0.3) is 5.91 Å². The second-order valence-corrected chi connectivity index (χ2v) is 7.28. The minimum Gasteiger partial charge on any atom is -0.363 e. The fourth-order valence-electron chi connectivity index (χ4n) is 3.33. The van der Waals surface area contributed by atoms with Crippen LogP contribution in [0.25, 0.3) is 0 Å². The molecule has 0 unspecified atom stereocenters. The van der Waals surface area contributed by atoms with Gasteiger partial charge in [-0.25, -0.2) is 4.98 Å². The van der Waals surface area contributed by atoms with Crippen molar-refractivity contribution in [1.29, 1.82) is 0 Å². The maximum Gasteiger partial charge on any atom is 0.255 e. The number of hydrogen-bond donors (Lipinski definition) is 0. The van der Waals surface area contributed by atoms with Crippen LogP contribution < -0.4 is 4.90 Å². The van der Waals surface area contributed by atoms with Gasteiger partial charge in [-0.15, -0.1) is 0 Å². The van der Waals surface area contributed by atoms with Crippen LogP contribution in [-0.2, 0) is 0 Å². The molecule has 6 heteroatoms. The van der Waals surface area contributed by atoms with E-state index in [2.05, 4.69) is 21.7 Å². The normalized spacial score (nSPS) is 17.9. The van der Waals surface area contributed by atoms with Crippen molar-refractivity contribution < 1.29 is 4.79 Å². The molecule has 6 nitrogen and oxygen atoms in total. The predicted octanol–water partition coefficient (Wildman–Crippen LogP) is 1.64. The third kappa shape index (κ3) is 5.41. The lowest BCUT2D eigenvalue weighted by Crippen LogP contribution is -2.45. The van der Waals surface area contributed by atoms with Crippen LogP contribution in [0, 0.1) is 0 Å². The van der Waals surface area contributed by atoms with Crippen molar-refractivity contribution in [2.75, 3.05) is 65.8 Å². The molecule has 0 spiro atoms. The Bertz CT molecular complexity index is 543. The Balaban J connectivity index is 2.11. The molecular weight excluding hydrogens is 314 g/mol. The van der Waals surface area contributed by atoms with Gasteiger partial charge in [-0.3, -0.25) is 9.69 Å². The average Bonchev–Trinajstić information content (AvgIpc) is 3.05. The first-order chi connectivity index (χ1) is 11.9. The first-order valence-corrected chi connectivity index (χ1v) is 9.23. The topological polar surface area (TPSA) is 42.9 Å². The van der Waals surface area contributed by atoms with E-state index in [0.717, 1.165) is 38.5 Å². The number of rotatable bonds is 8. The molecule has 25 heavy (non-hydrogen) atoms. The lowest BCUT2D eigenvalue weighted by Gasteiger charge is -2.31. The molecule has 0 bridgehead atoms. The smallest absolute Gasteiger partial charge is 0.255 e. The largest absolute Gasteiger partial charge is 0.363 e. The summed E-state index contributed by atoms with van der Waals surface area (Å²) in [5.74, 6) is 0.951. The zero-order chi connectivity index (χ0) is 18.4. The maximum atomic E-state index is 13.1. The van der Waals surface area contributed by atoms with Gasteiger partial charge in [-0.1, -0.05) is 6.92 Å². The number of pyridine rings is 1. The van der Waals surface area contributed by atoms with Crippen LogP contribution in [-0.4, -0.2) is 92.5 Å². The summed E-state index contributed by atoms with van der Waals surface area (Å²) in [6.45, 7) is 6.82. The monoisotopic (exact) mass is 347 g/mol. The number of likely N-dealkylation sites (N-methyl/N-ethyl adjacent to an activating group) is 2. The second-order valence-electron chi connectivity index (χ2n) is 7.28. The van der Waals surface area contributed by atoms with Gasteiger partial charge < -0.3 is 14.7 Å². The van der Waals surface area contributed by atoms with Gasteiger partial charge in [0.05, 0.1) is 5.56 Å². The number of anilines is 1. The van der Waals surface area contributed by atoms with E-state index < -0.39 is 0 Å². The summed E-state index contributed by atoms with van der Waals surface area (Å²) < 4.78 is 0. The summed E-state index contributed by atoms with van der Waals surface area (Å²) in [5, 5.41) is 0. The van der Waals surface area contributed by atoms with E-state index in [1.807, 2.05) is 50.1 Å². The number of hydrogen-bond acceptors (Lipinski definition) is 5. The Kier molecular flexibility index (Phi) is 7.20. The van der Waals surface area contributed by atoms with Crippen LogP contribution in [0.3, 0.4) is 0 Å². The Labute approximate surface area is 152 Å². The summed E-state index contributed by atoms with van der Waals surface area (Å²) in [5.41, 5.74) is 0.672. The molecular formula is C19H33N5O. The van der Waals surface area contributed by atoms with Gasteiger partial charge >= 0.3 is 0 Å². The Morgan fingerprint density at radius 2 is 2.00 bits per heavy atom. The van der Waals surface area contributed by atoms with E-state index in [-0.39, 0.29) is 5.91 Å². The molecule has 1 aromatic rings. The highest BCUT2D eigenvalue weighted by atomic mass is 16.2. The molecule has 2 heterocycles. The van der Waals surface area contributed by atoms with Gasteiger partial charge in [-0.05, 0) is 52.2 Å². The second kappa shape index (κ2) is 9.15. The quantitative estimate of drug-likeness (QED) is 0.715. The Morgan fingerprint density at radius 3 is 2.56 bits per heavy atom. The van der Waals surface area contributed by atoms with Crippen molar-refractivity contribution in [3.8, 4) is 0 Å². The maximum absolute atomic E-state index is 13.1. The SMILES string of the molecule is CCN1CCC[C@@H]1CN(CCN(C)C)C(=O)c1ccc(N(C)C)nc1. The molecule has 0 N–H and O–H groups in total. The molecule has 1 aromatic heterocycles. The summed E-state index contributed by atoms with van der Waals surface area (Å²) in [6, 6.07) is 4.27. The number of carbonyl (C=O) groups excluding carboxylic acids is 1. The summed E-state index contributed by atoms with van der Waals surface area (Å²) in [7, 11) is 7.99. The molecule has 1 amide bonds. The number of carbonyl (C=O) groups is 1. The molecule has 1 atom stereocenters. The predicted molar refractivity (Wildman–Crippen MR) is 103 cm³/mol. The Morgan fingerprint density at radius 1 is 1.24 bits per heavy atom. The van der Waals surface area contributed by atoms with E-state index in [9.17, 15) is 4.79 Å². The van der Waals surface area contributed by atoms with Gasteiger partial charge in [-0.2, -0.15) is 0 Å². The zero-order valence-electron chi connectivity index (χ0n) is 16.4. The summed E-state index contributed by atoms with van der Waals surface area (Å²) in [6.07, 6.45) is 4.11. The molecule has 1 aliphatic heterocycles. The molecule has 0 radical (unpaired) electrons. The van der Waals surface area contributed by atoms with E-state index in [1.165, 1.54) is 12.8 Å². The van der Waals surface area contributed by atoms with Crippen molar-refractivity contribution in [1.82, 2.24) is 19.7 Å². The van der Waals surface area contributed by atoms with Crippen molar-refractivity contribution in [3.05, 3.63) is 23.9 Å². The summed E-state index contributed by atoms with van der Waals surface area (Å²) >= 11 is 0. The highest BCUT2D eigenvalue weighted by Gasteiger charge is 2.27. The number of amides is 1. The molecule has 0 aliphatic carbocycles. The van der Waals surface area contributed by atoms with E-state index in [1.54, 1.807) is 6.20 Å². The molecule has 140 valence electrons. The summed E-state index contributed by atoms with van der Waals surface area (Å²) in [4.78, 5) is 26.0. The third-order valence-electron chi connectivity index (χ3n) is 4.89. The third-order valence-corrected chi connectivity index (χ3v) is 4.89. The fourth-order valence-corrected chi connectivity index (χ4v) is 3.33. The average molecular weight is 348 g/mol. The number of nitrogens with zero attached hydrogens (tertiary/aromatic N) is 5.